The van der Waals surface area contributed by atoms with E-state index in [1.807, 2.05) is 30.3 Å². The Morgan fingerprint density at radius 3 is 2.47 bits per heavy atom. The van der Waals surface area contributed by atoms with Crippen LogP contribution in [-0.2, 0) is 25.5 Å². The molecule has 0 spiro atoms. The van der Waals surface area contributed by atoms with Gasteiger partial charge in [0.2, 0.25) is 5.90 Å². The van der Waals surface area contributed by atoms with Crippen LogP contribution in [0.2, 0.25) is 0 Å². The molecule has 2 atom stereocenters. The number of nitrogens with zero attached hydrogens (tertiary/aromatic N) is 4. The number of aliphatic hydroxyl groups excluding tert-OH is 1. The minimum atomic E-state index is -1.60. The fourth-order valence-electron chi connectivity index (χ4n) is 5.00. The van der Waals surface area contributed by atoms with Crippen molar-refractivity contribution < 1.29 is 28.9 Å². The maximum Gasteiger partial charge on any atom is 0.306 e. The van der Waals surface area contributed by atoms with Crippen molar-refractivity contribution in [3.05, 3.63) is 106 Å². The van der Waals surface area contributed by atoms with Gasteiger partial charge in [-0.2, -0.15) is 0 Å². The fraction of sp³-hybridized carbons (Fsp3) is 0.382. The molecule has 0 unspecified atom stereocenters. The molecule has 2 N–H and O–H groups in total. The second-order valence-corrected chi connectivity index (χ2v) is 11.6. The number of nitrogens with one attached hydrogen (secondary N) is 1. The van der Waals surface area contributed by atoms with Gasteiger partial charge in [-0.25, -0.2) is 4.99 Å². The molecule has 1 aliphatic heterocycles. The third-order valence-electron chi connectivity index (χ3n) is 7.07. The van der Waals surface area contributed by atoms with E-state index in [1.165, 1.54) is 0 Å². The molecule has 3 aromatic carbocycles. The highest BCUT2D eigenvalue weighted by Crippen LogP contribution is 2.46. The largest absolute Gasteiger partial charge is 0.494 e. The van der Waals surface area contributed by atoms with Gasteiger partial charge >= 0.3 is 5.97 Å². The minimum Gasteiger partial charge on any atom is -0.494 e. The predicted molar refractivity (Wildman–Crippen MR) is 170 cm³/mol. The lowest BCUT2D eigenvalue weighted by Gasteiger charge is -2.31. The molecule has 0 radical (unpaired) electrons. The van der Waals surface area contributed by atoms with Crippen LogP contribution in [0.3, 0.4) is 0 Å². The van der Waals surface area contributed by atoms with Crippen LogP contribution in [0, 0.1) is 0 Å². The van der Waals surface area contributed by atoms with E-state index in [0.29, 0.717) is 42.9 Å². The lowest BCUT2D eigenvalue weighted by Crippen LogP contribution is -2.49. The zero-order valence-corrected chi connectivity index (χ0v) is 25.8. The first-order chi connectivity index (χ1) is 21.6. The van der Waals surface area contributed by atoms with Gasteiger partial charge < -0.3 is 24.6 Å². The highest BCUT2D eigenvalue weighted by molar-refractivity contribution is 6.01. The van der Waals surface area contributed by atoms with Crippen molar-refractivity contribution in [2.24, 2.45) is 10.1 Å². The monoisotopic (exact) mass is 613 g/mol. The average molecular weight is 614 g/mol. The van der Waals surface area contributed by atoms with Crippen molar-refractivity contribution in [3.63, 3.8) is 0 Å². The van der Waals surface area contributed by atoms with Crippen molar-refractivity contribution in [1.29, 1.82) is 0 Å². The van der Waals surface area contributed by atoms with E-state index in [2.05, 4.69) is 15.3 Å². The number of hydrogen-bond acceptors (Lipinski definition) is 8. The number of esters is 1. The van der Waals surface area contributed by atoms with Gasteiger partial charge in [-0.05, 0) is 69.0 Å². The van der Waals surface area contributed by atoms with Gasteiger partial charge in [-0.3, -0.25) is 9.59 Å². The van der Waals surface area contributed by atoms with Crippen LogP contribution in [0.15, 0.2) is 89.0 Å². The number of rotatable bonds is 14. The van der Waals surface area contributed by atoms with Crippen molar-refractivity contribution in [3.8, 4) is 5.75 Å². The molecule has 1 aliphatic rings. The maximum absolute atomic E-state index is 14.3. The van der Waals surface area contributed by atoms with Crippen molar-refractivity contribution in [2.75, 3.05) is 19.8 Å². The molecular formula is C34H39N5O6. The van der Waals surface area contributed by atoms with E-state index in [1.54, 1.807) is 69.3 Å². The zero-order valence-electron chi connectivity index (χ0n) is 25.8. The van der Waals surface area contributed by atoms with Crippen LogP contribution < -0.4 is 10.1 Å². The summed E-state index contributed by atoms with van der Waals surface area (Å²) in [4.78, 5) is 35.1. The third-order valence-corrected chi connectivity index (χ3v) is 7.07. The van der Waals surface area contributed by atoms with E-state index in [0.717, 1.165) is 5.56 Å². The Bertz CT molecular complexity index is 1530. The van der Waals surface area contributed by atoms with Crippen LogP contribution in [0.4, 0.5) is 5.69 Å². The topological polar surface area (TPSA) is 155 Å². The summed E-state index contributed by atoms with van der Waals surface area (Å²) in [5, 5.41) is 15.9. The number of carbonyl (C=O) groups is 2. The first-order valence-electron chi connectivity index (χ1n) is 14.9. The van der Waals surface area contributed by atoms with E-state index in [4.69, 9.17) is 24.3 Å². The van der Waals surface area contributed by atoms with Gasteiger partial charge in [0, 0.05) is 47.7 Å². The van der Waals surface area contributed by atoms with Gasteiger partial charge in [0.05, 0.1) is 6.61 Å². The van der Waals surface area contributed by atoms with Crippen molar-refractivity contribution in [1.82, 2.24) is 5.32 Å². The van der Waals surface area contributed by atoms with Gasteiger partial charge in [0.1, 0.15) is 11.4 Å². The molecule has 0 saturated carbocycles. The highest BCUT2D eigenvalue weighted by Gasteiger charge is 2.53. The molecule has 11 heteroatoms. The summed E-state index contributed by atoms with van der Waals surface area (Å²) in [6.45, 7) is 6.06. The summed E-state index contributed by atoms with van der Waals surface area (Å²) in [5.41, 5.74) is 9.37. The Labute approximate surface area is 262 Å². The number of hydrogen-bond donors (Lipinski definition) is 2. The van der Waals surface area contributed by atoms with Gasteiger partial charge in [0.25, 0.3) is 5.91 Å². The predicted octanol–water partition coefficient (Wildman–Crippen LogP) is 6.13. The second kappa shape index (κ2) is 15.2. The van der Waals surface area contributed by atoms with Crippen molar-refractivity contribution in [2.45, 2.75) is 63.7 Å². The molecule has 0 aliphatic carbocycles. The highest BCUT2D eigenvalue weighted by atomic mass is 16.6. The third kappa shape index (κ3) is 8.84. The number of aliphatic imine (C=N–C) groups is 1. The normalized spacial score (nSPS) is 17.4. The molecule has 0 fully saturated rings. The van der Waals surface area contributed by atoms with Gasteiger partial charge in [-0.15, -0.1) is 0 Å². The van der Waals surface area contributed by atoms with Crippen LogP contribution in [0.5, 0.6) is 5.75 Å². The SMILES string of the molecule is CC(C)(C)OC(=O)CC[C@@]1(C(=O)NCCc2ccccc2)N=C(c2ccc(OCCCO)cc2)O[C@@H]1c1ccccc1N=[N+]=[N-]. The zero-order chi connectivity index (χ0) is 32.3. The van der Waals surface area contributed by atoms with Gasteiger partial charge in [0.15, 0.2) is 11.6 Å². The van der Waals surface area contributed by atoms with Crippen LogP contribution in [0.25, 0.3) is 10.4 Å². The molecule has 4 rings (SSSR count). The van der Waals surface area contributed by atoms with E-state index < -0.39 is 29.1 Å². The van der Waals surface area contributed by atoms with E-state index >= 15 is 0 Å². The quantitative estimate of drug-likeness (QED) is 0.0733. The van der Waals surface area contributed by atoms with E-state index in [-0.39, 0.29) is 31.0 Å². The molecule has 1 heterocycles. The summed E-state index contributed by atoms with van der Waals surface area (Å²) in [5.74, 6) is -0.110. The second-order valence-electron chi connectivity index (χ2n) is 11.6. The Balaban J connectivity index is 1.74. The molecule has 11 nitrogen and oxygen atoms in total. The maximum atomic E-state index is 14.3. The number of azide groups is 1. The minimum absolute atomic E-state index is 0.0276. The number of carbonyl (C=O) groups excluding carboxylic acids is 2. The lowest BCUT2D eigenvalue weighted by atomic mass is 9.82. The lowest BCUT2D eigenvalue weighted by molar-refractivity contribution is -0.155. The molecule has 0 saturated heterocycles. The van der Waals surface area contributed by atoms with Crippen LogP contribution in [0.1, 0.15) is 62.8 Å². The number of benzene rings is 3. The first-order valence-corrected chi connectivity index (χ1v) is 14.9. The molecule has 236 valence electrons. The number of aliphatic hydroxyl groups is 1. The van der Waals surface area contributed by atoms with E-state index in [9.17, 15) is 15.1 Å². The van der Waals surface area contributed by atoms with Crippen molar-refractivity contribution >= 4 is 23.5 Å². The Hall–Kier alpha value is -4.86. The molecule has 0 aromatic heterocycles. The first kappa shape index (κ1) is 33.0. The Morgan fingerprint density at radius 2 is 1.78 bits per heavy atom. The summed E-state index contributed by atoms with van der Waals surface area (Å²) in [7, 11) is 0. The molecule has 0 bridgehead atoms. The molecule has 1 amide bonds. The number of amides is 1. The standard InChI is InChI=1S/C34H39N5O6/c1-33(2,3)45-29(41)18-20-34(32(42)36-21-19-24-10-5-4-6-11-24)30(27-12-7-8-13-28(27)38-39-35)44-31(37-34)25-14-16-26(17-15-25)43-23-9-22-40/h4-8,10-17,30,40H,9,18-23H2,1-3H3,(H,36,42)/t30-,34-/m1/s1. The summed E-state index contributed by atoms with van der Waals surface area (Å²) in [6, 6.07) is 23.7. The Morgan fingerprint density at radius 1 is 1.07 bits per heavy atom. The van der Waals surface area contributed by atoms with Crippen LogP contribution in [-0.4, -0.2) is 53.8 Å². The average Bonchev–Trinajstić information content (AvgIpc) is 3.41. The summed E-state index contributed by atoms with van der Waals surface area (Å²) < 4.78 is 17.7. The summed E-state index contributed by atoms with van der Waals surface area (Å²) in [6.07, 6.45) is -0.0664. The fourth-order valence-corrected chi connectivity index (χ4v) is 5.00. The smallest absolute Gasteiger partial charge is 0.306 e. The van der Waals surface area contributed by atoms with Crippen LogP contribution >= 0.6 is 0 Å². The summed E-state index contributed by atoms with van der Waals surface area (Å²) >= 11 is 0. The van der Waals surface area contributed by atoms with Gasteiger partial charge in [-0.1, -0.05) is 59.7 Å². The Kier molecular flexibility index (Phi) is 11.2. The number of ether oxygens (including phenoxy) is 3. The molecular weight excluding hydrogens is 574 g/mol. The molecule has 3 aromatic rings. The molecule has 45 heavy (non-hydrogen) atoms.